The minimum Gasteiger partial charge on any atom is -0.275 e. The molecule has 1 aromatic heterocycles. The van der Waals surface area contributed by atoms with Gasteiger partial charge in [0.25, 0.3) is 5.24 Å². The Morgan fingerprint density at radius 2 is 1.80 bits per heavy atom. The molecule has 0 unspecified atom stereocenters. The van der Waals surface area contributed by atoms with Crippen molar-refractivity contribution in [3.05, 3.63) is 47.1 Å². The van der Waals surface area contributed by atoms with Gasteiger partial charge in [0.15, 0.2) is 0 Å². The molecular formula is C11H6ClFOS. The minimum atomic E-state index is -0.464. The topological polar surface area (TPSA) is 17.1 Å². The SMILES string of the molecule is O=C(Cl)c1ccc(-c2ccc(F)cc2)s1. The summed E-state index contributed by atoms with van der Waals surface area (Å²) in [5, 5.41) is -0.464. The number of hydrogen-bond donors (Lipinski definition) is 0. The maximum atomic E-state index is 12.7. The molecule has 0 aliphatic heterocycles. The molecule has 2 aromatic rings. The van der Waals surface area contributed by atoms with Crippen LogP contribution in [0.1, 0.15) is 9.67 Å². The van der Waals surface area contributed by atoms with E-state index >= 15 is 0 Å². The highest BCUT2D eigenvalue weighted by molar-refractivity contribution is 7.18. The number of rotatable bonds is 2. The van der Waals surface area contributed by atoms with Gasteiger partial charge >= 0.3 is 0 Å². The molecule has 0 atom stereocenters. The molecule has 0 saturated carbocycles. The Kier molecular flexibility index (Phi) is 2.84. The lowest BCUT2D eigenvalue weighted by Crippen LogP contribution is -1.78. The van der Waals surface area contributed by atoms with Gasteiger partial charge in [-0.3, -0.25) is 4.79 Å². The molecule has 0 saturated heterocycles. The highest BCUT2D eigenvalue weighted by atomic mass is 35.5. The molecule has 1 aromatic carbocycles. The number of hydrogen-bond acceptors (Lipinski definition) is 2. The fraction of sp³-hybridized carbons (Fsp3) is 0. The number of thiophene rings is 1. The van der Waals surface area contributed by atoms with E-state index in [4.69, 9.17) is 11.6 Å². The van der Waals surface area contributed by atoms with Crippen LogP contribution in [0.15, 0.2) is 36.4 Å². The molecular weight excluding hydrogens is 235 g/mol. The highest BCUT2D eigenvalue weighted by Crippen LogP contribution is 2.28. The van der Waals surface area contributed by atoms with E-state index in [2.05, 4.69) is 0 Å². The lowest BCUT2D eigenvalue weighted by atomic mass is 10.2. The third-order valence-electron chi connectivity index (χ3n) is 1.93. The van der Waals surface area contributed by atoms with Crippen molar-refractivity contribution in [1.29, 1.82) is 0 Å². The summed E-state index contributed by atoms with van der Waals surface area (Å²) < 4.78 is 12.7. The molecule has 0 aliphatic rings. The lowest BCUT2D eigenvalue weighted by Gasteiger charge is -1.95. The predicted octanol–water partition coefficient (Wildman–Crippen LogP) is 3.93. The molecule has 0 N–H and O–H groups in total. The molecule has 0 spiro atoms. The average Bonchev–Trinajstić information content (AvgIpc) is 2.68. The summed E-state index contributed by atoms with van der Waals surface area (Å²) in [5.41, 5.74) is 0.880. The number of halogens is 2. The fourth-order valence-corrected chi connectivity index (χ4v) is 2.23. The maximum Gasteiger partial charge on any atom is 0.262 e. The third kappa shape index (κ3) is 2.25. The molecule has 15 heavy (non-hydrogen) atoms. The lowest BCUT2D eigenvalue weighted by molar-refractivity contribution is 0.108. The van der Waals surface area contributed by atoms with Crippen molar-refractivity contribution in [3.63, 3.8) is 0 Å². The van der Waals surface area contributed by atoms with E-state index in [-0.39, 0.29) is 5.82 Å². The van der Waals surface area contributed by atoms with E-state index in [1.54, 1.807) is 24.3 Å². The summed E-state index contributed by atoms with van der Waals surface area (Å²) in [6.07, 6.45) is 0. The second kappa shape index (κ2) is 4.13. The summed E-state index contributed by atoms with van der Waals surface area (Å²) in [6.45, 7) is 0. The van der Waals surface area contributed by atoms with E-state index in [1.165, 1.54) is 23.5 Å². The molecule has 1 heterocycles. The Morgan fingerprint density at radius 3 is 2.33 bits per heavy atom. The first-order chi connectivity index (χ1) is 7.16. The van der Waals surface area contributed by atoms with Crippen molar-refractivity contribution in [2.24, 2.45) is 0 Å². The van der Waals surface area contributed by atoms with Gasteiger partial charge in [-0.25, -0.2) is 4.39 Å². The monoisotopic (exact) mass is 240 g/mol. The highest BCUT2D eigenvalue weighted by Gasteiger charge is 2.07. The largest absolute Gasteiger partial charge is 0.275 e. The molecule has 4 heteroatoms. The van der Waals surface area contributed by atoms with Gasteiger partial charge in [-0.15, -0.1) is 11.3 Å². The third-order valence-corrected chi connectivity index (χ3v) is 3.38. The van der Waals surface area contributed by atoms with Gasteiger partial charge in [0.2, 0.25) is 0 Å². The summed E-state index contributed by atoms with van der Waals surface area (Å²) >= 11 is 6.64. The van der Waals surface area contributed by atoms with Crippen molar-refractivity contribution in [2.45, 2.75) is 0 Å². The first kappa shape index (κ1) is 10.3. The van der Waals surface area contributed by atoms with Gasteiger partial charge < -0.3 is 0 Å². The van der Waals surface area contributed by atoms with Gasteiger partial charge in [0.1, 0.15) is 5.82 Å². The quantitative estimate of drug-likeness (QED) is 0.727. The molecule has 0 fully saturated rings. The van der Waals surface area contributed by atoms with Crippen LogP contribution in [-0.2, 0) is 0 Å². The predicted molar refractivity (Wildman–Crippen MR) is 59.9 cm³/mol. The van der Waals surface area contributed by atoms with Gasteiger partial charge in [0.05, 0.1) is 4.88 Å². The maximum absolute atomic E-state index is 12.7. The van der Waals surface area contributed by atoms with Crippen LogP contribution >= 0.6 is 22.9 Å². The Hall–Kier alpha value is -1.19. The zero-order valence-electron chi connectivity index (χ0n) is 7.54. The summed E-state index contributed by atoms with van der Waals surface area (Å²) in [6, 6.07) is 9.58. The summed E-state index contributed by atoms with van der Waals surface area (Å²) in [4.78, 5) is 12.3. The van der Waals surface area contributed by atoms with E-state index in [1.807, 2.05) is 0 Å². The minimum absolute atomic E-state index is 0.274. The standard InChI is InChI=1S/C11H6ClFOS/c12-11(14)10-6-5-9(15-10)7-1-3-8(13)4-2-7/h1-6H. The normalized spacial score (nSPS) is 10.3. The first-order valence-electron chi connectivity index (χ1n) is 4.22. The van der Waals surface area contributed by atoms with Crippen LogP contribution in [0.2, 0.25) is 0 Å². The van der Waals surface area contributed by atoms with Crippen molar-refractivity contribution in [2.75, 3.05) is 0 Å². The van der Waals surface area contributed by atoms with E-state index in [0.29, 0.717) is 4.88 Å². The van der Waals surface area contributed by atoms with Gasteiger partial charge in [-0.1, -0.05) is 12.1 Å². The van der Waals surface area contributed by atoms with E-state index < -0.39 is 5.24 Å². The number of carbonyl (C=O) groups excluding carboxylic acids is 1. The van der Waals surface area contributed by atoms with E-state index in [0.717, 1.165) is 10.4 Å². The zero-order valence-corrected chi connectivity index (χ0v) is 9.11. The van der Waals surface area contributed by atoms with Gasteiger partial charge in [0, 0.05) is 4.88 Å². The molecule has 1 nitrogen and oxygen atoms in total. The second-order valence-corrected chi connectivity index (χ2v) is 4.37. The fourth-order valence-electron chi connectivity index (χ4n) is 1.21. The number of carbonyl (C=O) groups is 1. The van der Waals surface area contributed by atoms with Crippen LogP contribution in [0, 0.1) is 5.82 Å². The molecule has 2 rings (SSSR count). The van der Waals surface area contributed by atoms with Crippen molar-refractivity contribution >= 4 is 28.2 Å². The Labute approximate surface area is 95.1 Å². The Balaban J connectivity index is 2.37. The summed E-state index contributed by atoms with van der Waals surface area (Å²) in [7, 11) is 0. The Bertz CT molecular complexity index is 490. The second-order valence-electron chi connectivity index (χ2n) is 2.94. The van der Waals surface area contributed by atoms with Crippen LogP contribution in [0.5, 0.6) is 0 Å². The molecule has 0 amide bonds. The van der Waals surface area contributed by atoms with Crippen LogP contribution in [-0.4, -0.2) is 5.24 Å². The smallest absolute Gasteiger partial charge is 0.262 e. The van der Waals surface area contributed by atoms with Crippen LogP contribution in [0.3, 0.4) is 0 Å². The van der Waals surface area contributed by atoms with Gasteiger partial charge in [-0.05, 0) is 41.4 Å². The van der Waals surface area contributed by atoms with Crippen LogP contribution < -0.4 is 0 Å². The Morgan fingerprint density at radius 1 is 1.13 bits per heavy atom. The average molecular weight is 241 g/mol. The van der Waals surface area contributed by atoms with Gasteiger partial charge in [-0.2, -0.15) is 0 Å². The zero-order chi connectivity index (χ0) is 10.8. The van der Waals surface area contributed by atoms with Crippen LogP contribution in [0.4, 0.5) is 4.39 Å². The van der Waals surface area contributed by atoms with Crippen molar-refractivity contribution in [3.8, 4) is 10.4 Å². The summed E-state index contributed by atoms with van der Waals surface area (Å²) in [5.74, 6) is -0.274. The molecule has 0 aliphatic carbocycles. The van der Waals surface area contributed by atoms with Crippen LogP contribution in [0.25, 0.3) is 10.4 Å². The molecule has 0 bridgehead atoms. The number of benzene rings is 1. The first-order valence-corrected chi connectivity index (χ1v) is 5.42. The molecule has 0 radical (unpaired) electrons. The van der Waals surface area contributed by atoms with Crippen molar-refractivity contribution in [1.82, 2.24) is 0 Å². The molecule has 76 valence electrons. The van der Waals surface area contributed by atoms with Crippen molar-refractivity contribution < 1.29 is 9.18 Å². The van der Waals surface area contributed by atoms with E-state index in [9.17, 15) is 9.18 Å².